The second kappa shape index (κ2) is 6.10. The maximum Gasteiger partial charge on any atom is 0.336 e. The van der Waals surface area contributed by atoms with Crippen molar-refractivity contribution in [1.29, 1.82) is 0 Å². The number of H-pyrrole nitrogens is 2. The second-order valence-electron chi connectivity index (χ2n) is 5.68. The van der Waals surface area contributed by atoms with Crippen LogP contribution >= 0.6 is 12.2 Å². The van der Waals surface area contributed by atoms with Crippen molar-refractivity contribution in [3.63, 3.8) is 0 Å². The van der Waals surface area contributed by atoms with Gasteiger partial charge in [0, 0.05) is 16.8 Å². The van der Waals surface area contributed by atoms with Crippen LogP contribution < -0.4 is 0 Å². The Balaban J connectivity index is 1.77. The van der Waals surface area contributed by atoms with E-state index >= 15 is 0 Å². The van der Waals surface area contributed by atoms with E-state index in [4.69, 9.17) is 12.2 Å². The standard InChI is InChI=1S/C16H14N6O2S/c23-15(24)10-5-2-1-4-9(10)8-17-22-14(20-21-16(22)25)13-11-6-3-7-12(11)18-19-13/h1-2,4-5,8H,3,6-7H2,(H,18,19)(H,21,25)(H,23,24)/b17-8+. The summed E-state index contributed by atoms with van der Waals surface area (Å²) in [5.41, 5.74) is 3.63. The molecule has 0 atom stereocenters. The lowest BCUT2D eigenvalue weighted by Gasteiger charge is -2.01. The predicted octanol–water partition coefficient (Wildman–Crippen LogP) is 2.40. The molecule has 0 aliphatic heterocycles. The zero-order valence-corrected chi connectivity index (χ0v) is 13.9. The number of carbonyl (C=O) groups is 1. The molecule has 4 rings (SSSR count). The van der Waals surface area contributed by atoms with Gasteiger partial charge < -0.3 is 5.11 Å². The molecule has 3 N–H and O–H groups in total. The van der Waals surface area contributed by atoms with Crippen LogP contribution in [0.25, 0.3) is 11.5 Å². The Morgan fingerprint density at radius 3 is 2.96 bits per heavy atom. The molecule has 1 aliphatic carbocycles. The first-order chi connectivity index (χ1) is 12.1. The molecule has 8 nitrogen and oxygen atoms in total. The van der Waals surface area contributed by atoms with Gasteiger partial charge in [-0.3, -0.25) is 5.10 Å². The molecule has 0 fully saturated rings. The van der Waals surface area contributed by atoms with Crippen LogP contribution in [0.2, 0.25) is 0 Å². The lowest BCUT2D eigenvalue weighted by Crippen LogP contribution is -2.03. The third kappa shape index (κ3) is 2.68. The minimum absolute atomic E-state index is 0.170. The number of hydrogen-bond acceptors (Lipinski definition) is 5. The van der Waals surface area contributed by atoms with Crippen molar-refractivity contribution in [3.8, 4) is 11.5 Å². The zero-order chi connectivity index (χ0) is 17.4. The third-order valence-corrected chi connectivity index (χ3v) is 4.44. The number of hydrogen-bond donors (Lipinski definition) is 3. The van der Waals surface area contributed by atoms with E-state index in [2.05, 4.69) is 25.5 Å². The highest BCUT2D eigenvalue weighted by Crippen LogP contribution is 2.29. The normalized spacial score (nSPS) is 13.4. The Morgan fingerprint density at radius 1 is 1.28 bits per heavy atom. The van der Waals surface area contributed by atoms with Gasteiger partial charge in [-0.15, -0.1) is 0 Å². The van der Waals surface area contributed by atoms with E-state index in [0.29, 0.717) is 16.2 Å². The summed E-state index contributed by atoms with van der Waals surface area (Å²) in [4.78, 5) is 11.3. The molecule has 1 aliphatic rings. The molecule has 2 heterocycles. The van der Waals surface area contributed by atoms with Gasteiger partial charge in [-0.05, 0) is 37.5 Å². The van der Waals surface area contributed by atoms with Crippen LogP contribution in [-0.2, 0) is 12.8 Å². The number of aromatic nitrogens is 5. The number of benzene rings is 1. The van der Waals surface area contributed by atoms with Crippen LogP contribution in [-0.4, -0.2) is 42.4 Å². The number of nitrogens with zero attached hydrogens (tertiary/aromatic N) is 4. The molecule has 0 amide bonds. The number of nitrogens with one attached hydrogen (secondary N) is 2. The first-order valence-electron chi connectivity index (χ1n) is 7.75. The summed E-state index contributed by atoms with van der Waals surface area (Å²) >= 11 is 5.25. The minimum Gasteiger partial charge on any atom is -0.478 e. The van der Waals surface area contributed by atoms with Gasteiger partial charge in [0.2, 0.25) is 10.6 Å². The molecule has 9 heteroatoms. The fraction of sp³-hybridized carbons (Fsp3) is 0.188. The fourth-order valence-corrected chi connectivity index (χ4v) is 3.16. The number of fused-ring (bicyclic) bond motifs is 1. The Morgan fingerprint density at radius 2 is 2.12 bits per heavy atom. The highest BCUT2D eigenvalue weighted by atomic mass is 32.1. The van der Waals surface area contributed by atoms with Gasteiger partial charge in [0.05, 0.1) is 11.8 Å². The van der Waals surface area contributed by atoms with Crippen LogP contribution in [0.4, 0.5) is 0 Å². The molecule has 0 bridgehead atoms. The number of aryl methyl sites for hydroxylation is 1. The Bertz CT molecular complexity index is 1050. The summed E-state index contributed by atoms with van der Waals surface area (Å²) in [5.74, 6) is -0.503. The van der Waals surface area contributed by atoms with Crippen molar-refractivity contribution >= 4 is 24.4 Å². The van der Waals surface area contributed by atoms with E-state index in [9.17, 15) is 9.90 Å². The molecule has 0 unspecified atom stereocenters. The number of aromatic carboxylic acids is 1. The highest BCUT2D eigenvalue weighted by molar-refractivity contribution is 7.71. The average Bonchev–Trinajstić information content (AvgIpc) is 3.29. The van der Waals surface area contributed by atoms with E-state index in [1.54, 1.807) is 18.2 Å². The molecular formula is C16H14N6O2S. The Labute approximate surface area is 147 Å². The first kappa shape index (κ1) is 15.5. The molecule has 1 aromatic carbocycles. The summed E-state index contributed by atoms with van der Waals surface area (Å²) in [6, 6.07) is 6.63. The van der Waals surface area contributed by atoms with Crippen LogP contribution in [0.5, 0.6) is 0 Å². The minimum atomic E-state index is -1.01. The van der Waals surface area contributed by atoms with Gasteiger partial charge >= 0.3 is 5.97 Å². The fourth-order valence-electron chi connectivity index (χ4n) is 2.98. The molecule has 3 aromatic rings. The van der Waals surface area contributed by atoms with Crippen LogP contribution in [0.3, 0.4) is 0 Å². The van der Waals surface area contributed by atoms with Crippen LogP contribution in [0.15, 0.2) is 29.4 Å². The molecule has 126 valence electrons. The van der Waals surface area contributed by atoms with Crippen molar-refractivity contribution in [1.82, 2.24) is 25.1 Å². The first-order valence-corrected chi connectivity index (χ1v) is 8.16. The number of aromatic amines is 2. The summed E-state index contributed by atoms with van der Waals surface area (Å²) in [7, 11) is 0. The summed E-state index contributed by atoms with van der Waals surface area (Å²) < 4.78 is 1.77. The molecule has 2 aromatic heterocycles. The molecule has 0 radical (unpaired) electrons. The molecule has 0 saturated heterocycles. The van der Waals surface area contributed by atoms with E-state index in [0.717, 1.165) is 36.2 Å². The molecule has 25 heavy (non-hydrogen) atoms. The summed E-state index contributed by atoms with van der Waals surface area (Å²) in [6.45, 7) is 0. The topological polar surface area (TPSA) is 112 Å². The maximum absolute atomic E-state index is 11.3. The van der Waals surface area contributed by atoms with Crippen molar-refractivity contribution < 1.29 is 9.90 Å². The monoisotopic (exact) mass is 354 g/mol. The van der Waals surface area contributed by atoms with Crippen LogP contribution in [0, 0.1) is 4.77 Å². The van der Waals surface area contributed by atoms with Crippen molar-refractivity contribution in [2.24, 2.45) is 5.10 Å². The van der Waals surface area contributed by atoms with Crippen LogP contribution in [0.1, 0.15) is 33.6 Å². The number of carboxylic acids is 1. The third-order valence-electron chi connectivity index (χ3n) is 4.17. The highest BCUT2D eigenvalue weighted by Gasteiger charge is 2.23. The SMILES string of the molecule is O=C(O)c1ccccc1/C=N/n1c(-c2n[nH]c3c2CCC3)n[nH]c1=S. The number of carboxylic acid groups (broad SMARTS) is 1. The Hall–Kier alpha value is -3.07. The Kier molecular flexibility index (Phi) is 3.77. The predicted molar refractivity (Wildman–Crippen MR) is 93.4 cm³/mol. The van der Waals surface area contributed by atoms with Gasteiger partial charge in [-0.1, -0.05) is 18.2 Å². The quantitative estimate of drug-likeness (QED) is 0.492. The van der Waals surface area contributed by atoms with Gasteiger partial charge in [0.1, 0.15) is 5.69 Å². The van der Waals surface area contributed by atoms with E-state index in [1.807, 2.05) is 0 Å². The van der Waals surface area contributed by atoms with Gasteiger partial charge in [0.25, 0.3) is 0 Å². The van der Waals surface area contributed by atoms with E-state index in [1.165, 1.54) is 17.0 Å². The van der Waals surface area contributed by atoms with E-state index < -0.39 is 5.97 Å². The summed E-state index contributed by atoms with van der Waals surface area (Å²) in [6.07, 6.45) is 4.46. The van der Waals surface area contributed by atoms with Gasteiger partial charge in [-0.2, -0.15) is 20.0 Å². The zero-order valence-electron chi connectivity index (χ0n) is 13.1. The van der Waals surface area contributed by atoms with E-state index in [-0.39, 0.29) is 5.56 Å². The van der Waals surface area contributed by atoms with Crippen molar-refractivity contribution in [2.45, 2.75) is 19.3 Å². The van der Waals surface area contributed by atoms with Gasteiger partial charge in [-0.25, -0.2) is 9.89 Å². The second-order valence-corrected chi connectivity index (χ2v) is 6.07. The van der Waals surface area contributed by atoms with Gasteiger partial charge in [0.15, 0.2) is 0 Å². The lowest BCUT2D eigenvalue weighted by atomic mass is 10.1. The van der Waals surface area contributed by atoms with Crippen molar-refractivity contribution in [2.75, 3.05) is 0 Å². The molecular weight excluding hydrogens is 340 g/mol. The maximum atomic E-state index is 11.3. The molecule has 0 saturated carbocycles. The largest absolute Gasteiger partial charge is 0.478 e. The smallest absolute Gasteiger partial charge is 0.336 e. The number of rotatable bonds is 4. The lowest BCUT2D eigenvalue weighted by molar-refractivity contribution is 0.0697. The average molecular weight is 354 g/mol. The van der Waals surface area contributed by atoms with Crippen molar-refractivity contribution in [3.05, 3.63) is 51.4 Å². The summed E-state index contributed by atoms with van der Waals surface area (Å²) in [5, 5.41) is 27.9. The molecule has 0 spiro atoms.